The number of carboxylic acids is 1. The smallest absolute Gasteiger partial charge is 0.356 e. The van der Waals surface area contributed by atoms with Gasteiger partial charge in [-0.05, 0) is 36.4 Å². The molecule has 0 bridgehead atoms. The van der Waals surface area contributed by atoms with Crippen LogP contribution >= 0.6 is 23.4 Å². The van der Waals surface area contributed by atoms with E-state index in [1.165, 1.54) is 30.0 Å². The molecule has 0 aliphatic carbocycles. The summed E-state index contributed by atoms with van der Waals surface area (Å²) in [5.41, 5.74) is -0.191. The van der Waals surface area contributed by atoms with Crippen molar-refractivity contribution < 1.29 is 14.3 Å². The second kappa shape index (κ2) is 5.37. The Hall–Kier alpha value is -1.59. The summed E-state index contributed by atoms with van der Waals surface area (Å²) in [6, 6.07) is 8.94. The summed E-state index contributed by atoms with van der Waals surface area (Å²) in [6.45, 7) is 0. The predicted octanol–water partition coefficient (Wildman–Crippen LogP) is 3.72. The molecular weight excluding hydrogens is 277 g/mol. The second-order valence-corrected chi connectivity index (χ2v) is 4.84. The molecule has 1 N–H and O–H groups in total. The number of halogens is 2. The van der Waals surface area contributed by atoms with Crippen LogP contribution in [0.25, 0.3) is 0 Å². The zero-order valence-electron chi connectivity index (χ0n) is 8.93. The van der Waals surface area contributed by atoms with Crippen molar-refractivity contribution in [1.29, 1.82) is 0 Å². The largest absolute Gasteiger partial charge is 0.476 e. The molecule has 0 aliphatic rings. The zero-order chi connectivity index (χ0) is 13.1. The first-order valence-corrected chi connectivity index (χ1v) is 6.09. The van der Waals surface area contributed by atoms with Crippen LogP contribution in [-0.2, 0) is 0 Å². The highest BCUT2D eigenvalue weighted by Crippen LogP contribution is 2.28. The molecule has 2 aromatic rings. The minimum absolute atomic E-state index is 0.0888. The van der Waals surface area contributed by atoms with Crippen molar-refractivity contribution in [3.05, 3.63) is 52.9 Å². The maximum absolute atomic E-state index is 12.7. The Bertz CT molecular complexity index is 589. The van der Waals surface area contributed by atoms with E-state index in [0.717, 1.165) is 4.90 Å². The molecule has 2 rings (SSSR count). The fourth-order valence-electron chi connectivity index (χ4n) is 1.25. The van der Waals surface area contributed by atoms with Crippen LogP contribution in [0.5, 0.6) is 0 Å². The van der Waals surface area contributed by atoms with Crippen LogP contribution in [-0.4, -0.2) is 16.1 Å². The SMILES string of the molecule is O=C(O)c1nc(Sc2ccc(F)cc2)ccc1Cl. The third-order valence-electron chi connectivity index (χ3n) is 2.06. The van der Waals surface area contributed by atoms with Gasteiger partial charge in [0.2, 0.25) is 0 Å². The molecule has 1 aromatic carbocycles. The first kappa shape index (κ1) is 12.9. The van der Waals surface area contributed by atoms with Gasteiger partial charge in [0.1, 0.15) is 10.8 Å². The van der Waals surface area contributed by atoms with Gasteiger partial charge in [0, 0.05) is 4.90 Å². The topological polar surface area (TPSA) is 50.2 Å². The summed E-state index contributed by atoms with van der Waals surface area (Å²) in [5, 5.41) is 9.46. The van der Waals surface area contributed by atoms with Gasteiger partial charge < -0.3 is 5.11 Å². The van der Waals surface area contributed by atoms with Crippen LogP contribution in [0.4, 0.5) is 4.39 Å². The van der Waals surface area contributed by atoms with Crippen molar-refractivity contribution in [2.75, 3.05) is 0 Å². The van der Waals surface area contributed by atoms with Crippen molar-refractivity contribution in [2.24, 2.45) is 0 Å². The van der Waals surface area contributed by atoms with Gasteiger partial charge in [-0.1, -0.05) is 23.4 Å². The van der Waals surface area contributed by atoms with Gasteiger partial charge >= 0.3 is 5.97 Å². The summed E-state index contributed by atoms with van der Waals surface area (Å²) < 4.78 is 12.7. The molecule has 0 saturated carbocycles. The van der Waals surface area contributed by atoms with E-state index in [0.29, 0.717) is 5.03 Å². The minimum atomic E-state index is -1.18. The van der Waals surface area contributed by atoms with Crippen molar-refractivity contribution >= 4 is 29.3 Å². The van der Waals surface area contributed by atoms with Gasteiger partial charge in [0.15, 0.2) is 5.69 Å². The van der Waals surface area contributed by atoms with Gasteiger partial charge in [-0.3, -0.25) is 0 Å². The van der Waals surface area contributed by atoms with Crippen molar-refractivity contribution in [3.8, 4) is 0 Å². The number of carboxylic acid groups (broad SMARTS) is 1. The van der Waals surface area contributed by atoms with Gasteiger partial charge in [0.25, 0.3) is 0 Å². The van der Waals surface area contributed by atoms with E-state index >= 15 is 0 Å². The summed E-state index contributed by atoms with van der Waals surface area (Å²) >= 11 is 6.95. The normalized spacial score (nSPS) is 10.3. The lowest BCUT2D eigenvalue weighted by Gasteiger charge is -2.03. The third kappa shape index (κ3) is 3.00. The van der Waals surface area contributed by atoms with Gasteiger partial charge in [0.05, 0.1) is 5.02 Å². The molecule has 18 heavy (non-hydrogen) atoms. The van der Waals surface area contributed by atoms with Crippen LogP contribution in [0, 0.1) is 5.82 Å². The summed E-state index contributed by atoms with van der Waals surface area (Å²) in [5.74, 6) is -1.50. The van der Waals surface area contributed by atoms with E-state index in [9.17, 15) is 9.18 Å². The number of benzene rings is 1. The molecule has 0 unspecified atom stereocenters. The highest BCUT2D eigenvalue weighted by atomic mass is 35.5. The molecular formula is C12H7ClFNO2S. The lowest BCUT2D eigenvalue weighted by molar-refractivity contribution is 0.0690. The van der Waals surface area contributed by atoms with E-state index in [1.54, 1.807) is 18.2 Å². The quantitative estimate of drug-likeness (QED) is 0.932. The van der Waals surface area contributed by atoms with Crippen molar-refractivity contribution in [1.82, 2.24) is 4.98 Å². The Morgan fingerprint density at radius 2 is 1.89 bits per heavy atom. The standard InChI is InChI=1S/C12H7ClFNO2S/c13-9-5-6-10(15-11(9)12(16)17)18-8-3-1-7(14)2-4-8/h1-6H,(H,16,17). The number of rotatable bonds is 3. The average molecular weight is 284 g/mol. The molecule has 0 aliphatic heterocycles. The van der Waals surface area contributed by atoms with Crippen molar-refractivity contribution in [2.45, 2.75) is 9.92 Å². The highest BCUT2D eigenvalue weighted by molar-refractivity contribution is 7.99. The Morgan fingerprint density at radius 1 is 1.22 bits per heavy atom. The lowest BCUT2D eigenvalue weighted by Crippen LogP contribution is -2.01. The van der Waals surface area contributed by atoms with Gasteiger partial charge in [-0.2, -0.15) is 0 Å². The van der Waals surface area contributed by atoms with Gasteiger partial charge in [-0.15, -0.1) is 0 Å². The monoisotopic (exact) mass is 283 g/mol. The maximum Gasteiger partial charge on any atom is 0.356 e. The molecule has 0 spiro atoms. The second-order valence-electron chi connectivity index (χ2n) is 3.34. The number of hydrogen-bond acceptors (Lipinski definition) is 3. The number of aromatic carboxylic acids is 1. The molecule has 0 amide bonds. The number of aromatic nitrogens is 1. The van der Waals surface area contributed by atoms with E-state index in [4.69, 9.17) is 16.7 Å². The molecule has 0 atom stereocenters. The molecule has 1 heterocycles. The van der Waals surface area contributed by atoms with E-state index in [-0.39, 0.29) is 16.5 Å². The van der Waals surface area contributed by atoms with Crippen LogP contribution in [0.1, 0.15) is 10.5 Å². The first-order chi connectivity index (χ1) is 8.56. The van der Waals surface area contributed by atoms with E-state index in [1.807, 2.05) is 0 Å². The number of carbonyl (C=O) groups is 1. The van der Waals surface area contributed by atoms with Crippen LogP contribution < -0.4 is 0 Å². The first-order valence-electron chi connectivity index (χ1n) is 4.89. The fourth-order valence-corrected chi connectivity index (χ4v) is 2.23. The molecule has 92 valence electrons. The third-order valence-corrected chi connectivity index (χ3v) is 3.31. The predicted molar refractivity (Wildman–Crippen MR) is 66.7 cm³/mol. The molecule has 0 radical (unpaired) electrons. The maximum atomic E-state index is 12.7. The minimum Gasteiger partial charge on any atom is -0.476 e. The molecule has 1 aromatic heterocycles. The van der Waals surface area contributed by atoms with Crippen molar-refractivity contribution in [3.63, 3.8) is 0 Å². The molecule has 0 saturated heterocycles. The fraction of sp³-hybridized carbons (Fsp3) is 0. The van der Waals surface area contributed by atoms with Crippen LogP contribution in [0.3, 0.4) is 0 Å². The number of hydrogen-bond donors (Lipinski definition) is 1. The van der Waals surface area contributed by atoms with Crippen LogP contribution in [0.15, 0.2) is 46.3 Å². The number of nitrogens with zero attached hydrogens (tertiary/aromatic N) is 1. The van der Waals surface area contributed by atoms with E-state index in [2.05, 4.69) is 4.98 Å². The summed E-state index contributed by atoms with van der Waals surface area (Å²) in [7, 11) is 0. The van der Waals surface area contributed by atoms with Gasteiger partial charge in [-0.25, -0.2) is 14.2 Å². The Balaban J connectivity index is 2.27. The molecule has 6 heteroatoms. The Labute approximate surface area is 112 Å². The van der Waals surface area contributed by atoms with Crippen LogP contribution in [0.2, 0.25) is 5.02 Å². The summed E-state index contributed by atoms with van der Waals surface area (Å²) in [4.78, 5) is 15.6. The Morgan fingerprint density at radius 3 is 2.50 bits per heavy atom. The number of pyridine rings is 1. The molecule has 3 nitrogen and oxygen atoms in total. The zero-order valence-corrected chi connectivity index (χ0v) is 10.5. The van der Waals surface area contributed by atoms with E-state index < -0.39 is 5.97 Å². The lowest BCUT2D eigenvalue weighted by atomic mass is 10.3. The highest BCUT2D eigenvalue weighted by Gasteiger charge is 2.11. The molecule has 0 fully saturated rings. The Kier molecular flexibility index (Phi) is 3.84. The summed E-state index contributed by atoms with van der Waals surface area (Å²) in [6.07, 6.45) is 0. The average Bonchev–Trinajstić information content (AvgIpc) is 2.34.